The first-order chi connectivity index (χ1) is 6.59. The molecule has 0 N–H and O–H groups in total. The van der Waals surface area contributed by atoms with Crippen LogP contribution >= 0.6 is 0 Å². The maximum atomic E-state index is 11.6. The molecule has 0 unspecified atom stereocenters. The Kier molecular flexibility index (Phi) is 3.63. The molecule has 1 heteroatoms. The molecular weight excluding hydrogens is 172 g/mol. The van der Waals surface area contributed by atoms with Gasteiger partial charge in [0.05, 0.1) is 0 Å². The minimum atomic E-state index is 0.186. The van der Waals surface area contributed by atoms with Crippen LogP contribution < -0.4 is 0 Å². The Bertz CT molecular complexity index is 340. The van der Waals surface area contributed by atoms with E-state index >= 15 is 0 Å². The maximum Gasteiger partial charge on any atom is 0.166 e. The van der Waals surface area contributed by atoms with Crippen LogP contribution in [0.1, 0.15) is 36.2 Å². The van der Waals surface area contributed by atoms with E-state index in [9.17, 15) is 4.79 Å². The van der Waals surface area contributed by atoms with Crippen molar-refractivity contribution >= 4 is 5.78 Å². The second kappa shape index (κ2) is 4.75. The predicted molar refractivity (Wildman–Crippen MR) is 59.6 cm³/mol. The average molecular weight is 188 g/mol. The van der Waals surface area contributed by atoms with Gasteiger partial charge in [-0.3, -0.25) is 4.79 Å². The minimum Gasteiger partial charge on any atom is -0.294 e. The summed E-state index contributed by atoms with van der Waals surface area (Å²) in [5.74, 6) is 0.186. The second-order valence-electron chi connectivity index (χ2n) is 3.77. The van der Waals surface area contributed by atoms with Gasteiger partial charge in [-0.15, -0.1) is 0 Å². The van der Waals surface area contributed by atoms with Crippen molar-refractivity contribution in [2.75, 3.05) is 0 Å². The van der Waals surface area contributed by atoms with Crippen molar-refractivity contribution in [2.45, 2.75) is 27.2 Å². The van der Waals surface area contributed by atoms with E-state index in [1.807, 2.05) is 51.1 Å². The largest absolute Gasteiger partial charge is 0.294 e. The number of ketones is 1. The van der Waals surface area contributed by atoms with Gasteiger partial charge in [0.25, 0.3) is 0 Å². The predicted octanol–water partition coefficient (Wildman–Crippen LogP) is 3.53. The van der Waals surface area contributed by atoms with Crippen LogP contribution in [0.4, 0.5) is 0 Å². The number of carbonyl (C=O) groups is 1. The molecule has 0 radical (unpaired) electrons. The van der Waals surface area contributed by atoms with Crippen molar-refractivity contribution in [1.82, 2.24) is 0 Å². The molecule has 0 aliphatic rings. The van der Waals surface area contributed by atoms with E-state index in [-0.39, 0.29) is 5.78 Å². The summed E-state index contributed by atoms with van der Waals surface area (Å²) in [4.78, 5) is 11.6. The highest BCUT2D eigenvalue weighted by molar-refractivity contribution is 5.97. The first-order valence-electron chi connectivity index (χ1n) is 4.83. The van der Waals surface area contributed by atoms with Gasteiger partial charge in [0.1, 0.15) is 0 Å². The number of carbonyl (C=O) groups excluding carboxylic acids is 1. The van der Waals surface area contributed by atoms with Gasteiger partial charge in [0.15, 0.2) is 5.78 Å². The van der Waals surface area contributed by atoms with Crippen LogP contribution in [0.5, 0.6) is 0 Å². The molecule has 0 atom stereocenters. The molecule has 0 aromatic heterocycles. The topological polar surface area (TPSA) is 17.1 Å². The number of allylic oxidation sites excluding steroid dienone is 2. The van der Waals surface area contributed by atoms with Gasteiger partial charge in [0.2, 0.25) is 0 Å². The highest BCUT2D eigenvalue weighted by atomic mass is 16.1. The van der Waals surface area contributed by atoms with Crippen LogP contribution in [-0.2, 0) is 0 Å². The fourth-order valence-corrected chi connectivity index (χ4v) is 1.15. The summed E-state index contributed by atoms with van der Waals surface area (Å²) in [6.45, 7) is 6.02. The third kappa shape index (κ3) is 3.17. The first-order valence-corrected chi connectivity index (χ1v) is 4.83. The van der Waals surface area contributed by atoms with Crippen molar-refractivity contribution in [1.29, 1.82) is 0 Å². The molecule has 0 fully saturated rings. The maximum absolute atomic E-state index is 11.6. The lowest BCUT2D eigenvalue weighted by molar-refractivity contribution is 0.0995. The smallest absolute Gasteiger partial charge is 0.166 e. The van der Waals surface area contributed by atoms with Gasteiger partial charge < -0.3 is 0 Å². The molecular formula is C13H16O. The molecule has 0 aliphatic heterocycles. The molecule has 0 bridgehead atoms. The summed E-state index contributed by atoms with van der Waals surface area (Å²) in [6.07, 6.45) is 2.47. The number of Topliss-reactive ketones (excluding diaryl/α,β-unsaturated/α-hetero) is 1. The molecule has 0 heterocycles. The van der Waals surface area contributed by atoms with Crippen LogP contribution in [0.2, 0.25) is 0 Å². The van der Waals surface area contributed by atoms with Crippen LogP contribution in [0.3, 0.4) is 0 Å². The molecule has 14 heavy (non-hydrogen) atoms. The summed E-state index contributed by atoms with van der Waals surface area (Å²) >= 11 is 0. The van der Waals surface area contributed by atoms with E-state index in [1.54, 1.807) is 0 Å². The van der Waals surface area contributed by atoms with Crippen molar-refractivity contribution in [3.63, 3.8) is 0 Å². The van der Waals surface area contributed by atoms with E-state index in [2.05, 4.69) is 0 Å². The third-order valence-corrected chi connectivity index (χ3v) is 2.07. The molecule has 0 saturated carbocycles. The number of hydrogen-bond acceptors (Lipinski definition) is 1. The van der Waals surface area contributed by atoms with Crippen molar-refractivity contribution in [2.24, 2.45) is 0 Å². The van der Waals surface area contributed by atoms with Crippen molar-refractivity contribution in [3.8, 4) is 0 Å². The van der Waals surface area contributed by atoms with Crippen LogP contribution in [0, 0.1) is 6.92 Å². The summed E-state index contributed by atoms with van der Waals surface area (Å²) in [5.41, 5.74) is 3.17. The molecule has 1 rings (SSSR count). The summed E-state index contributed by atoms with van der Waals surface area (Å²) in [7, 11) is 0. The Hall–Kier alpha value is -1.37. The van der Waals surface area contributed by atoms with Gasteiger partial charge in [-0.05, 0) is 20.8 Å². The molecule has 0 saturated heterocycles. The Balaban J connectivity index is 2.70. The summed E-state index contributed by atoms with van der Waals surface area (Å²) in [6, 6.07) is 7.71. The van der Waals surface area contributed by atoms with E-state index in [4.69, 9.17) is 0 Å². The number of benzene rings is 1. The highest BCUT2D eigenvalue weighted by Gasteiger charge is 2.02. The van der Waals surface area contributed by atoms with Gasteiger partial charge >= 0.3 is 0 Å². The number of hydrogen-bond donors (Lipinski definition) is 0. The average Bonchev–Trinajstić information content (AvgIpc) is 2.15. The Morgan fingerprint density at radius 2 is 1.79 bits per heavy atom. The Morgan fingerprint density at radius 1 is 1.21 bits per heavy atom. The van der Waals surface area contributed by atoms with E-state index in [1.165, 1.54) is 11.1 Å². The van der Waals surface area contributed by atoms with Gasteiger partial charge in [-0.1, -0.05) is 41.5 Å². The molecule has 1 aromatic rings. The van der Waals surface area contributed by atoms with Crippen LogP contribution in [0.25, 0.3) is 0 Å². The third-order valence-electron chi connectivity index (χ3n) is 2.07. The van der Waals surface area contributed by atoms with Crippen LogP contribution in [-0.4, -0.2) is 5.78 Å². The number of aryl methyl sites for hydroxylation is 1. The fourth-order valence-electron chi connectivity index (χ4n) is 1.15. The highest BCUT2D eigenvalue weighted by Crippen LogP contribution is 2.07. The van der Waals surface area contributed by atoms with E-state index < -0.39 is 0 Å². The lowest BCUT2D eigenvalue weighted by atomic mass is 10.1. The Morgan fingerprint density at radius 3 is 2.29 bits per heavy atom. The van der Waals surface area contributed by atoms with Crippen molar-refractivity contribution < 1.29 is 4.79 Å². The quantitative estimate of drug-likeness (QED) is 0.524. The minimum absolute atomic E-state index is 0.186. The monoisotopic (exact) mass is 188 g/mol. The lowest BCUT2D eigenvalue weighted by Crippen LogP contribution is -1.96. The molecule has 74 valence electrons. The van der Waals surface area contributed by atoms with Gasteiger partial charge in [-0.25, -0.2) is 0 Å². The molecule has 0 amide bonds. The molecule has 1 aromatic carbocycles. The summed E-state index contributed by atoms with van der Waals surface area (Å²) < 4.78 is 0. The number of rotatable bonds is 3. The van der Waals surface area contributed by atoms with Crippen LogP contribution in [0.15, 0.2) is 35.9 Å². The zero-order chi connectivity index (χ0) is 10.6. The van der Waals surface area contributed by atoms with Gasteiger partial charge in [0, 0.05) is 12.0 Å². The zero-order valence-corrected chi connectivity index (χ0v) is 9.00. The standard InChI is InChI=1S/C13H16O/c1-10(2)4-9-13(14)12-7-5-11(3)6-8-12/h4-8H,9H2,1-3H3. The summed E-state index contributed by atoms with van der Waals surface area (Å²) in [5, 5.41) is 0. The molecule has 0 spiro atoms. The second-order valence-corrected chi connectivity index (χ2v) is 3.77. The van der Waals surface area contributed by atoms with Gasteiger partial charge in [-0.2, -0.15) is 0 Å². The van der Waals surface area contributed by atoms with E-state index in [0.717, 1.165) is 5.56 Å². The van der Waals surface area contributed by atoms with E-state index in [0.29, 0.717) is 6.42 Å². The normalized spacial score (nSPS) is 9.64. The first kappa shape index (κ1) is 10.7. The Labute approximate surface area is 85.5 Å². The molecule has 1 nitrogen and oxygen atoms in total. The molecule has 0 aliphatic carbocycles. The zero-order valence-electron chi connectivity index (χ0n) is 9.00. The SMILES string of the molecule is CC(C)=CCC(=O)c1ccc(C)cc1. The fraction of sp³-hybridized carbons (Fsp3) is 0.308. The van der Waals surface area contributed by atoms with Crippen molar-refractivity contribution in [3.05, 3.63) is 47.0 Å². The lowest BCUT2D eigenvalue weighted by Gasteiger charge is -1.98.